The lowest BCUT2D eigenvalue weighted by Crippen LogP contribution is -2.17. The number of aliphatic hydroxyl groups excluding tert-OH is 1. The Labute approximate surface area is 126 Å². The maximum Gasteiger partial charge on any atom is 0.303 e. The molecule has 4 nitrogen and oxygen atoms in total. The number of aliphatic carboxylic acids is 1. The SMILES string of the molecule is CCC(=O)C=CC1CCC(O)C1CC#CCCCC(=O)O. The number of carbonyl (C=O) groups excluding carboxylic acids is 1. The van der Waals surface area contributed by atoms with Gasteiger partial charge in [0, 0.05) is 31.6 Å². The Morgan fingerprint density at radius 1 is 1.29 bits per heavy atom. The van der Waals surface area contributed by atoms with Gasteiger partial charge in [-0.15, -0.1) is 11.8 Å². The molecular formula is C17H24O4. The van der Waals surface area contributed by atoms with Gasteiger partial charge in [0.1, 0.15) is 0 Å². The van der Waals surface area contributed by atoms with Gasteiger partial charge < -0.3 is 10.2 Å². The van der Waals surface area contributed by atoms with Crippen molar-refractivity contribution in [2.75, 3.05) is 0 Å². The first-order valence-corrected chi connectivity index (χ1v) is 7.61. The van der Waals surface area contributed by atoms with E-state index in [1.165, 1.54) is 0 Å². The molecule has 0 aromatic heterocycles. The van der Waals surface area contributed by atoms with E-state index >= 15 is 0 Å². The molecule has 1 aliphatic rings. The molecule has 0 aliphatic heterocycles. The van der Waals surface area contributed by atoms with E-state index in [9.17, 15) is 14.7 Å². The summed E-state index contributed by atoms with van der Waals surface area (Å²) >= 11 is 0. The largest absolute Gasteiger partial charge is 0.481 e. The fourth-order valence-electron chi connectivity index (χ4n) is 2.56. The first kappa shape index (κ1) is 17.5. The predicted octanol–water partition coefficient (Wildman–Crippen LogP) is 2.56. The van der Waals surface area contributed by atoms with E-state index in [0.29, 0.717) is 25.7 Å². The predicted molar refractivity (Wildman–Crippen MR) is 80.5 cm³/mol. The zero-order valence-electron chi connectivity index (χ0n) is 12.5. The molecule has 0 amide bonds. The van der Waals surface area contributed by atoms with Crippen molar-refractivity contribution in [3.05, 3.63) is 12.2 Å². The van der Waals surface area contributed by atoms with Crippen LogP contribution in [0.5, 0.6) is 0 Å². The van der Waals surface area contributed by atoms with E-state index in [1.807, 2.05) is 13.0 Å². The van der Waals surface area contributed by atoms with Crippen molar-refractivity contribution >= 4 is 11.8 Å². The molecule has 2 N–H and O–H groups in total. The molecule has 4 heteroatoms. The minimum absolute atomic E-state index is 0.0814. The second-order valence-corrected chi connectivity index (χ2v) is 5.46. The second-order valence-electron chi connectivity index (χ2n) is 5.46. The van der Waals surface area contributed by atoms with E-state index < -0.39 is 5.97 Å². The third-order valence-electron chi connectivity index (χ3n) is 3.87. The highest BCUT2D eigenvalue weighted by atomic mass is 16.4. The van der Waals surface area contributed by atoms with Crippen LogP contribution in [0.3, 0.4) is 0 Å². The number of allylic oxidation sites excluding steroid dienone is 2. The number of carbonyl (C=O) groups is 2. The normalized spacial score (nSPS) is 24.8. The number of carboxylic acids is 1. The van der Waals surface area contributed by atoms with Gasteiger partial charge in [-0.3, -0.25) is 9.59 Å². The average molecular weight is 292 g/mol. The number of carboxylic acid groups (broad SMARTS) is 1. The maximum atomic E-state index is 11.3. The van der Waals surface area contributed by atoms with Crippen LogP contribution in [-0.2, 0) is 9.59 Å². The standard InChI is InChI=1S/C17H24O4/c1-2-14(18)11-9-13-10-12-16(19)15(13)7-5-3-4-6-8-17(20)21/h9,11,13,15-16,19H,2,4,6-8,10,12H2,1H3,(H,20,21). The summed E-state index contributed by atoms with van der Waals surface area (Å²) in [5.41, 5.74) is 0. The molecule has 1 rings (SSSR count). The zero-order chi connectivity index (χ0) is 15.7. The van der Waals surface area contributed by atoms with Gasteiger partial charge in [0.05, 0.1) is 6.10 Å². The van der Waals surface area contributed by atoms with Crippen LogP contribution in [0.15, 0.2) is 12.2 Å². The molecule has 116 valence electrons. The van der Waals surface area contributed by atoms with Crippen molar-refractivity contribution in [1.82, 2.24) is 0 Å². The smallest absolute Gasteiger partial charge is 0.303 e. The van der Waals surface area contributed by atoms with Crippen LogP contribution in [0.1, 0.15) is 51.9 Å². The highest BCUT2D eigenvalue weighted by Gasteiger charge is 2.32. The van der Waals surface area contributed by atoms with Crippen molar-refractivity contribution in [2.45, 2.75) is 58.0 Å². The van der Waals surface area contributed by atoms with Crippen LogP contribution in [0.4, 0.5) is 0 Å². The highest BCUT2D eigenvalue weighted by Crippen LogP contribution is 2.35. The summed E-state index contributed by atoms with van der Waals surface area (Å²) in [6, 6.07) is 0. The fourth-order valence-corrected chi connectivity index (χ4v) is 2.56. The first-order chi connectivity index (χ1) is 10.0. The Morgan fingerprint density at radius 2 is 2.05 bits per heavy atom. The highest BCUT2D eigenvalue weighted by molar-refractivity contribution is 5.89. The van der Waals surface area contributed by atoms with Crippen LogP contribution >= 0.6 is 0 Å². The van der Waals surface area contributed by atoms with Gasteiger partial charge >= 0.3 is 5.97 Å². The molecule has 1 fully saturated rings. The third kappa shape index (κ3) is 6.59. The van der Waals surface area contributed by atoms with Gasteiger partial charge in [0.15, 0.2) is 5.78 Å². The van der Waals surface area contributed by atoms with E-state index in [-0.39, 0.29) is 30.1 Å². The number of unbranched alkanes of at least 4 members (excludes halogenated alkanes) is 1. The lowest BCUT2D eigenvalue weighted by atomic mass is 9.91. The second kappa shape index (κ2) is 9.36. The Kier molecular flexibility index (Phi) is 7.78. The summed E-state index contributed by atoms with van der Waals surface area (Å²) in [6.45, 7) is 1.83. The van der Waals surface area contributed by atoms with Crippen LogP contribution < -0.4 is 0 Å². The quantitative estimate of drug-likeness (QED) is 0.429. The van der Waals surface area contributed by atoms with Crippen LogP contribution in [0, 0.1) is 23.7 Å². The molecule has 0 saturated heterocycles. The molecule has 3 unspecified atom stereocenters. The number of aliphatic hydroxyl groups is 1. The maximum absolute atomic E-state index is 11.3. The molecule has 0 bridgehead atoms. The van der Waals surface area contributed by atoms with Gasteiger partial charge in [0.25, 0.3) is 0 Å². The molecule has 0 aromatic rings. The van der Waals surface area contributed by atoms with Gasteiger partial charge in [-0.25, -0.2) is 0 Å². The third-order valence-corrected chi connectivity index (χ3v) is 3.87. The molecule has 3 atom stereocenters. The monoisotopic (exact) mass is 292 g/mol. The van der Waals surface area contributed by atoms with Gasteiger partial charge in [0.2, 0.25) is 0 Å². The van der Waals surface area contributed by atoms with Crippen LogP contribution in [0.2, 0.25) is 0 Å². The van der Waals surface area contributed by atoms with Crippen molar-refractivity contribution in [3.8, 4) is 11.8 Å². The number of rotatable bonds is 7. The van der Waals surface area contributed by atoms with Crippen molar-refractivity contribution in [3.63, 3.8) is 0 Å². The molecule has 1 aliphatic carbocycles. The lowest BCUT2D eigenvalue weighted by molar-refractivity contribution is -0.137. The Morgan fingerprint density at radius 3 is 2.71 bits per heavy atom. The Balaban J connectivity index is 2.43. The summed E-state index contributed by atoms with van der Waals surface area (Å²) in [6.07, 6.45) is 7.20. The summed E-state index contributed by atoms with van der Waals surface area (Å²) in [5.74, 6) is 5.61. The van der Waals surface area contributed by atoms with Gasteiger partial charge in [-0.1, -0.05) is 13.0 Å². The molecule has 1 saturated carbocycles. The van der Waals surface area contributed by atoms with E-state index in [2.05, 4.69) is 11.8 Å². The fraction of sp³-hybridized carbons (Fsp3) is 0.647. The van der Waals surface area contributed by atoms with Gasteiger partial charge in [-0.05, 0) is 31.3 Å². The van der Waals surface area contributed by atoms with E-state index in [4.69, 9.17) is 5.11 Å². The van der Waals surface area contributed by atoms with Crippen LogP contribution in [-0.4, -0.2) is 28.1 Å². The van der Waals surface area contributed by atoms with E-state index in [1.54, 1.807) is 6.08 Å². The number of hydrogen-bond acceptors (Lipinski definition) is 3. The minimum atomic E-state index is -0.797. The lowest BCUT2D eigenvalue weighted by Gasteiger charge is -2.16. The number of hydrogen-bond donors (Lipinski definition) is 2. The molecule has 0 aromatic carbocycles. The van der Waals surface area contributed by atoms with E-state index in [0.717, 1.165) is 12.8 Å². The van der Waals surface area contributed by atoms with Crippen molar-refractivity contribution < 1.29 is 19.8 Å². The first-order valence-electron chi connectivity index (χ1n) is 7.61. The zero-order valence-corrected chi connectivity index (χ0v) is 12.5. The summed E-state index contributed by atoms with van der Waals surface area (Å²) in [4.78, 5) is 21.7. The number of ketones is 1. The van der Waals surface area contributed by atoms with Crippen LogP contribution in [0.25, 0.3) is 0 Å². The summed E-state index contributed by atoms with van der Waals surface area (Å²) < 4.78 is 0. The minimum Gasteiger partial charge on any atom is -0.481 e. The summed E-state index contributed by atoms with van der Waals surface area (Å²) in [7, 11) is 0. The molecule has 21 heavy (non-hydrogen) atoms. The van der Waals surface area contributed by atoms with Gasteiger partial charge in [-0.2, -0.15) is 0 Å². The van der Waals surface area contributed by atoms with Crippen molar-refractivity contribution in [1.29, 1.82) is 0 Å². The average Bonchev–Trinajstić information content (AvgIpc) is 2.80. The Hall–Kier alpha value is -1.60. The molecule has 0 radical (unpaired) electrons. The molecular weight excluding hydrogens is 268 g/mol. The summed E-state index contributed by atoms with van der Waals surface area (Å²) in [5, 5.41) is 18.5. The van der Waals surface area contributed by atoms with Crippen molar-refractivity contribution in [2.24, 2.45) is 11.8 Å². The topological polar surface area (TPSA) is 74.6 Å². The Bertz CT molecular complexity index is 441. The molecule has 0 spiro atoms. The molecule has 0 heterocycles.